The average Bonchev–Trinajstić information content (AvgIpc) is 2.43. The Labute approximate surface area is 130 Å². The van der Waals surface area contributed by atoms with Gasteiger partial charge in [0, 0.05) is 12.1 Å². The molecule has 2 unspecified atom stereocenters. The lowest BCUT2D eigenvalue weighted by molar-refractivity contribution is 0.108. The van der Waals surface area contributed by atoms with Gasteiger partial charge in [0.05, 0.1) is 0 Å². The van der Waals surface area contributed by atoms with E-state index in [1.807, 2.05) is 0 Å². The smallest absolute Gasteiger partial charge is 0.0103 e. The van der Waals surface area contributed by atoms with E-state index < -0.39 is 0 Å². The van der Waals surface area contributed by atoms with Crippen LogP contribution in [0.1, 0.15) is 70.8 Å². The lowest BCUT2D eigenvalue weighted by atomic mass is 9.68. The van der Waals surface area contributed by atoms with Crippen LogP contribution in [0.3, 0.4) is 0 Å². The largest absolute Gasteiger partial charge is 0.311 e. The molecule has 1 N–H and O–H groups in total. The topological polar surface area (TPSA) is 12.0 Å². The van der Waals surface area contributed by atoms with Crippen LogP contribution in [-0.2, 0) is 0 Å². The highest BCUT2D eigenvalue weighted by Crippen LogP contribution is 2.41. The van der Waals surface area contributed by atoms with Crippen LogP contribution in [0.15, 0.2) is 30.3 Å². The molecule has 0 spiro atoms. The van der Waals surface area contributed by atoms with E-state index in [1.54, 1.807) is 0 Å². The summed E-state index contributed by atoms with van der Waals surface area (Å²) in [4.78, 5) is 0. The number of nitrogens with one attached hydrogen (secondary N) is 1. The van der Waals surface area contributed by atoms with Crippen LogP contribution in [0.2, 0.25) is 0 Å². The zero-order valence-corrected chi connectivity index (χ0v) is 13.9. The van der Waals surface area contributed by atoms with Crippen LogP contribution in [0, 0.1) is 11.3 Å². The second-order valence-electron chi connectivity index (χ2n) is 8.31. The van der Waals surface area contributed by atoms with Crippen LogP contribution in [0.25, 0.3) is 0 Å². The first kappa shape index (κ1) is 15.1. The highest BCUT2D eigenvalue weighted by atomic mass is 15.0. The molecule has 2 aliphatic carbocycles. The van der Waals surface area contributed by atoms with Crippen molar-refractivity contribution in [3.8, 4) is 0 Å². The molecule has 3 rings (SSSR count). The minimum Gasteiger partial charge on any atom is -0.311 e. The van der Waals surface area contributed by atoms with Gasteiger partial charge in [-0.2, -0.15) is 0 Å². The van der Waals surface area contributed by atoms with Gasteiger partial charge in [0.15, 0.2) is 0 Å². The summed E-state index contributed by atoms with van der Waals surface area (Å²) in [6, 6.07) is 12.6. The van der Waals surface area contributed by atoms with Crippen molar-refractivity contribution < 1.29 is 0 Å². The third-order valence-corrected chi connectivity index (χ3v) is 5.74. The molecule has 116 valence electrons. The zero-order chi connectivity index (χ0) is 14.9. The minimum atomic E-state index is 0.445. The molecule has 21 heavy (non-hydrogen) atoms. The van der Waals surface area contributed by atoms with Crippen LogP contribution >= 0.6 is 0 Å². The SMILES string of the molecule is CC(C)(C)C1CCCCC1NC1CC(c2ccccc2)C1. The molecule has 1 heteroatoms. The maximum absolute atomic E-state index is 4.01. The quantitative estimate of drug-likeness (QED) is 0.812. The predicted molar refractivity (Wildman–Crippen MR) is 90.5 cm³/mol. The lowest BCUT2D eigenvalue weighted by Gasteiger charge is -2.46. The van der Waals surface area contributed by atoms with E-state index in [1.165, 1.54) is 44.1 Å². The van der Waals surface area contributed by atoms with Crippen LogP contribution < -0.4 is 5.32 Å². The van der Waals surface area contributed by atoms with Crippen molar-refractivity contribution in [2.24, 2.45) is 11.3 Å². The van der Waals surface area contributed by atoms with Crippen molar-refractivity contribution in [3.05, 3.63) is 35.9 Å². The van der Waals surface area contributed by atoms with Gasteiger partial charge in [-0.1, -0.05) is 63.9 Å². The average molecular weight is 285 g/mol. The van der Waals surface area contributed by atoms with E-state index in [9.17, 15) is 0 Å². The monoisotopic (exact) mass is 285 g/mol. The summed E-state index contributed by atoms with van der Waals surface area (Å²) in [5, 5.41) is 4.01. The van der Waals surface area contributed by atoms with Gasteiger partial charge in [-0.3, -0.25) is 0 Å². The van der Waals surface area contributed by atoms with Gasteiger partial charge in [-0.15, -0.1) is 0 Å². The van der Waals surface area contributed by atoms with Gasteiger partial charge >= 0.3 is 0 Å². The number of hydrogen-bond donors (Lipinski definition) is 1. The van der Waals surface area contributed by atoms with Gasteiger partial charge in [-0.05, 0) is 48.5 Å². The van der Waals surface area contributed by atoms with E-state index in [2.05, 4.69) is 56.4 Å². The number of benzene rings is 1. The molecule has 0 heterocycles. The highest BCUT2D eigenvalue weighted by Gasteiger charge is 2.38. The van der Waals surface area contributed by atoms with Gasteiger partial charge in [-0.25, -0.2) is 0 Å². The van der Waals surface area contributed by atoms with Gasteiger partial charge in [0.1, 0.15) is 0 Å². The lowest BCUT2D eigenvalue weighted by Crippen LogP contribution is -2.51. The Morgan fingerprint density at radius 3 is 2.29 bits per heavy atom. The summed E-state index contributed by atoms with van der Waals surface area (Å²) < 4.78 is 0. The Kier molecular flexibility index (Phi) is 4.40. The Morgan fingerprint density at radius 2 is 1.62 bits per heavy atom. The fraction of sp³-hybridized carbons (Fsp3) is 0.700. The third-order valence-electron chi connectivity index (χ3n) is 5.74. The van der Waals surface area contributed by atoms with E-state index in [0.717, 1.165) is 23.9 Å². The number of rotatable bonds is 3. The molecular weight excluding hydrogens is 254 g/mol. The fourth-order valence-corrected chi connectivity index (χ4v) is 4.42. The van der Waals surface area contributed by atoms with Crippen LogP contribution in [-0.4, -0.2) is 12.1 Å². The third kappa shape index (κ3) is 3.51. The first-order chi connectivity index (χ1) is 10.0. The molecule has 2 atom stereocenters. The molecular formula is C20H31N. The molecule has 2 saturated carbocycles. The predicted octanol–water partition coefficient (Wildman–Crippen LogP) is 5.13. The Hall–Kier alpha value is -0.820. The van der Waals surface area contributed by atoms with Gasteiger partial charge < -0.3 is 5.32 Å². The van der Waals surface area contributed by atoms with Crippen molar-refractivity contribution >= 4 is 0 Å². The maximum Gasteiger partial charge on any atom is 0.0103 e. The molecule has 2 fully saturated rings. The van der Waals surface area contributed by atoms with Gasteiger partial charge in [0.2, 0.25) is 0 Å². The van der Waals surface area contributed by atoms with Crippen LogP contribution in [0.5, 0.6) is 0 Å². The standard InChI is InChI=1S/C20H31N/c1-20(2,3)18-11-7-8-12-19(18)21-17-13-16(14-17)15-9-5-4-6-10-15/h4-6,9-10,16-19,21H,7-8,11-14H2,1-3H3. The summed E-state index contributed by atoms with van der Waals surface area (Å²) in [6.07, 6.45) is 8.30. The van der Waals surface area contributed by atoms with E-state index in [0.29, 0.717) is 5.41 Å². The molecule has 0 amide bonds. The van der Waals surface area contributed by atoms with Crippen molar-refractivity contribution in [1.29, 1.82) is 0 Å². The molecule has 0 radical (unpaired) electrons. The normalized spacial score (nSPS) is 33.5. The first-order valence-electron chi connectivity index (χ1n) is 8.85. The molecule has 0 aromatic heterocycles. The summed E-state index contributed by atoms with van der Waals surface area (Å²) >= 11 is 0. The Balaban J connectivity index is 1.53. The maximum atomic E-state index is 4.01. The summed E-state index contributed by atoms with van der Waals surface area (Å²) in [5.41, 5.74) is 1.98. The summed E-state index contributed by atoms with van der Waals surface area (Å²) in [7, 11) is 0. The highest BCUT2D eigenvalue weighted by molar-refractivity contribution is 5.22. The molecule has 0 saturated heterocycles. The molecule has 1 aromatic carbocycles. The minimum absolute atomic E-state index is 0.445. The molecule has 2 aliphatic rings. The molecule has 1 aromatic rings. The van der Waals surface area contributed by atoms with Crippen molar-refractivity contribution in [2.75, 3.05) is 0 Å². The second kappa shape index (κ2) is 6.12. The molecule has 0 bridgehead atoms. The molecule has 0 aliphatic heterocycles. The zero-order valence-electron chi connectivity index (χ0n) is 13.9. The van der Waals surface area contributed by atoms with Crippen LogP contribution in [0.4, 0.5) is 0 Å². The van der Waals surface area contributed by atoms with E-state index in [4.69, 9.17) is 0 Å². The van der Waals surface area contributed by atoms with E-state index >= 15 is 0 Å². The molecule has 1 nitrogen and oxygen atoms in total. The van der Waals surface area contributed by atoms with E-state index in [-0.39, 0.29) is 0 Å². The summed E-state index contributed by atoms with van der Waals surface area (Å²) in [6.45, 7) is 7.27. The fourth-order valence-electron chi connectivity index (χ4n) is 4.42. The van der Waals surface area contributed by atoms with Crippen molar-refractivity contribution in [1.82, 2.24) is 5.32 Å². The van der Waals surface area contributed by atoms with Gasteiger partial charge in [0.25, 0.3) is 0 Å². The first-order valence-corrected chi connectivity index (χ1v) is 8.85. The Bertz CT molecular complexity index is 439. The Morgan fingerprint density at radius 1 is 0.952 bits per heavy atom. The number of hydrogen-bond acceptors (Lipinski definition) is 1. The summed E-state index contributed by atoms with van der Waals surface area (Å²) in [5.74, 6) is 1.64. The second-order valence-corrected chi connectivity index (χ2v) is 8.31. The van der Waals surface area contributed by atoms with Crippen molar-refractivity contribution in [3.63, 3.8) is 0 Å². The van der Waals surface area contributed by atoms with Crippen molar-refractivity contribution in [2.45, 2.75) is 77.3 Å².